The van der Waals surface area contributed by atoms with Crippen LogP contribution >= 0.6 is 0 Å². The number of hydrazine groups is 1. The van der Waals surface area contributed by atoms with Crippen molar-refractivity contribution in [3.63, 3.8) is 0 Å². The molecule has 6 N–H and O–H groups in total. The van der Waals surface area contributed by atoms with Gasteiger partial charge in [0.2, 0.25) is 0 Å². The van der Waals surface area contributed by atoms with Crippen LogP contribution in [0.1, 0.15) is 19.3 Å². The number of likely N-dealkylation sites (N-methyl/N-ethyl adjacent to an activating group) is 1. The summed E-state index contributed by atoms with van der Waals surface area (Å²) in [7, 11) is 4.51. The normalized spacial score (nSPS) is 11.8. The Labute approximate surface area is 132 Å². The molecule has 0 bridgehead atoms. The molecule has 0 aromatic heterocycles. The molecule has 2 amide bonds. The molecule has 0 aliphatic heterocycles. The van der Waals surface area contributed by atoms with Crippen molar-refractivity contribution >= 4 is 21.5 Å². The highest BCUT2D eigenvalue weighted by molar-refractivity contribution is 6.36. The number of rotatable bonds is 10. The van der Waals surface area contributed by atoms with E-state index in [9.17, 15) is 9.59 Å². The van der Waals surface area contributed by atoms with Gasteiger partial charge in [-0.3, -0.25) is 10.2 Å². The summed E-state index contributed by atoms with van der Waals surface area (Å²) >= 11 is 0. The number of nitrogens with two attached hydrogens (primary N) is 2. The fraction of sp³-hybridized carbons (Fsp3) is 0.818. The first kappa shape index (κ1) is 23.0. The molecule has 0 aliphatic rings. The van der Waals surface area contributed by atoms with Crippen molar-refractivity contribution in [2.24, 2.45) is 11.5 Å². The first-order chi connectivity index (χ1) is 10.3. The lowest BCUT2D eigenvalue weighted by Gasteiger charge is -2.23. The van der Waals surface area contributed by atoms with E-state index >= 15 is 0 Å². The number of carbonyl (C=O) groups is 2. The smallest absolute Gasteiger partial charge is 0.480 e. The molecule has 22 heavy (non-hydrogen) atoms. The van der Waals surface area contributed by atoms with Gasteiger partial charge < -0.3 is 29.9 Å². The van der Waals surface area contributed by atoms with E-state index in [1.807, 2.05) is 0 Å². The molecule has 0 spiro atoms. The Bertz CT molecular complexity index is 301. The van der Waals surface area contributed by atoms with E-state index < -0.39 is 27.6 Å². The molecule has 0 aromatic rings. The van der Waals surface area contributed by atoms with Gasteiger partial charge in [-0.15, -0.1) is 0 Å². The van der Waals surface area contributed by atoms with Gasteiger partial charge in [-0.25, -0.2) is 9.80 Å². The van der Waals surface area contributed by atoms with Gasteiger partial charge in [-0.2, -0.15) is 0 Å². The van der Waals surface area contributed by atoms with Crippen molar-refractivity contribution in [2.75, 3.05) is 34.9 Å². The summed E-state index contributed by atoms with van der Waals surface area (Å²) in [6, 6.07) is -1.55. The molecule has 1 atom stereocenters. The lowest BCUT2D eigenvalue weighted by Crippen LogP contribution is -2.51. The van der Waals surface area contributed by atoms with Gasteiger partial charge in [-0.05, 0) is 25.8 Å². The number of nitrogens with zero attached hydrogens (tertiary/aromatic N) is 1. The third kappa shape index (κ3) is 12.5. The number of nitrogens with one attached hydrogen (secondary N) is 1. The summed E-state index contributed by atoms with van der Waals surface area (Å²) in [5.74, 6) is -0.997. The molecule has 0 rings (SSSR count). The molecular weight excluding hydrogens is 312 g/mol. The second-order valence-electron chi connectivity index (χ2n) is 4.22. The van der Waals surface area contributed by atoms with Crippen molar-refractivity contribution < 1.29 is 28.0 Å². The van der Waals surface area contributed by atoms with Gasteiger partial charge in [-0.1, -0.05) is 0 Å². The zero-order valence-electron chi connectivity index (χ0n) is 13.6. The van der Waals surface area contributed by atoms with E-state index in [-0.39, 0.29) is 0 Å². The molecule has 0 saturated carbocycles. The number of carboxylic acid groups (broad SMARTS) is 1. The Hall–Kier alpha value is -1.24. The second kappa shape index (κ2) is 14.7. The van der Waals surface area contributed by atoms with E-state index in [0.717, 1.165) is 6.42 Å². The summed E-state index contributed by atoms with van der Waals surface area (Å²) in [4.78, 5) is 21.4. The molecule has 0 aromatic carbocycles. The first-order valence-electron chi connectivity index (χ1n) is 6.64. The van der Waals surface area contributed by atoms with Crippen LogP contribution in [-0.4, -0.2) is 72.6 Å². The summed E-state index contributed by atoms with van der Waals surface area (Å²) < 4.78 is 14.2. The standard InChI is InChI=1S/C8H18N4O3.C3H10O3Si/c1-12(11-8(10)15)6(7(13)14)4-2-3-5-9;1-4-7(5-2)6-3/h6H,2-5,9H2,1H3,(H,13,14)(H3,10,11,15);7H,1-3H3. The van der Waals surface area contributed by atoms with Crippen molar-refractivity contribution in [3.8, 4) is 0 Å². The van der Waals surface area contributed by atoms with Gasteiger partial charge >= 0.3 is 21.5 Å². The average Bonchev–Trinajstić information content (AvgIpc) is 2.45. The first-order valence-corrected chi connectivity index (χ1v) is 8.05. The SMILES string of the molecule is CN(NC(N)=O)C(CCCCN)C(=O)O.CO[SiH](OC)OC. The van der Waals surface area contributed by atoms with E-state index in [1.165, 1.54) is 12.1 Å². The van der Waals surface area contributed by atoms with E-state index in [1.54, 1.807) is 21.3 Å². The predicted molar refractivity (Wildman–Crippen MR) is 83.0 cm³/mol. The minimum absolute atomic E-state index is 0.420. The minimum atomic E-state index is -1.67. The zero-order valence-corrected chi connectivity index (χ0v) is 14.7. The topological polar surface area (TPSA) is 149 Å². The van der Waals surface area contributed by atoms with Crippen LogP contribution in [-0.2, 0) is 18.1 Å². The number of hydrogen-bond donors (Lipinski definition) is 4. The quantitative estimate of drug-likeness (QED) is 0.218. The lowest BCUT2D eigenvalue weighted by molar-refractivity contribution is -0.143. The molecule has 0 aliphatic carbocycles. The van der Waals surface area contributed by atoms with Gasteiger partial charge in [0.25, 0.3) is 0 Å². The van der Waals surface area contributed by atoms with E-state index in [0.29, 0.717) is 19.4 Å². The Morgan fingerprint density at radius 1 is 1.23 bits per heavy atom. The fourth-order valence-electron chi connectivity index (χ4n) is 1.51. The number of unbranched alkanes of at least 4 members (excludes halogenated alkanes) is 1. The molecule has 0 heterocycles. The van der Waals surface area contributed by atoms with Crippen LogP contribution in [0.25, 0.3) is 0 Å². The van der Waals surface area contributed by atoms with Crippen molar-refractivity contribution in [3.05, 3.63) is 0 Å². The summed E-state index contributed by atoms with van der Waals surface area (Å²) in [5.41, 5.74) is 12.4. The molecule has 132 valence electrons. The summed E-state index contributed by atoms with van der Waals surface area (Å²) in [6.07, 6.45) is 1.87. The number of amides is 2. The fourth-order valence-corrected chi connectivity index (χ4v) is 2.08. The molecule has 10 nitrogen and oxygen atoms in total. The van der Waals surface area contributed by atoms with Crippen LogP contribution in [0.15, 0.2) is 0 Å². The lowest BCUT2D eigenvalue weighted by atomic mass is 10.1. The molecular formula is C11H28N4O6Si. The number of carboxylic acids is 1. The minimum Gasteiger partial charge on any atom is -0.480 e. The number of carbonyl (C=O) groups excluding carboxylic acids is 1. The van der Waals surface area contributed by atoms with Crippen molar-refractivity contribution in [1.29, 1.82) is 0 Å². The number of aliphatic carboxylic acids is 1. The molecule has 1 unspecified atom stereocenters. The molecule has 0 fully saturated rings. The van der Waals surface area contributed by atoms with Crippen LogP contribution in [0.4, 0.5) is 4.79 Å². The third-order valence-electron chi connectivity index (χ3n) is 2.55. The van der Waals surface area contributed by atoms with E-state index in [2.05, 4.69) is 5.43 Å². The third-order valence-corrected chi connectivity index (χ3v) is 3.70. The highest BCUT2D eigenvalue weighted by Crippen LogP contribution is 2.05. The van der Waals surface area contributed by atoms with Gasteiger partial charge in [0, 0.05) is 28.4 Å². The van der Waals surface area contributed by atoms with Crippen LogP contribution in [0.5, 0.6) is 0 Å². The highest BCUT2D eigenvalue weighted by atomic mass is 28.3. The summed E-state index contributed by atoms with van der Waals surface area (Å²) in [6.45, 7) is 0.527. The maximum atomic E-state index is 10.9. The Balaban J connectivity index is 0. The Morgan fingerprint density at radius 3 is 2.00 bits per heavy atom. The van der Waals surface area contributed by atoms with Gasteiger partial charge in [0.05, 0.1) is 0 Å². The van der Waals surface area contributed by atoms with Crippen LogP contribution in [0.3, 0.4) is 0 Å². The summed E-state index contributed by atoms with van der Waals surface area (Å²) in [5, 5.41) is 10.1. The van der Waals surface area contributed by atoms with E-state index in [4.69, 9.17) is 29.9 Å². The molecule has 0 radical (unpaired) electrons. The maximum Gasteiger partial charge on any atom is 0.483 e. The number of hydrogen-bond acceptors (Lipinski definition) is 7. The second-order valence-corrected chi connectivity index (χ2v) is 6.21. The Morgan fingerprint density at radius 2 is 1.73 bits per heavy atom. The van der Waals surface area contributed by atoms with Gasteiger partial charge in [0.1, 0.15) is 6.04 Å². The Kier molecular flexibility index (Phi) is 15.4. The van der Waals surface area contributed by atoms with Crippen LogP contribution in [0, 0.1) is 0 Å². The largest absolute Gasteiger partial charge is 0.483 e. The van der Waals surface area contributed by atoms with Gasteiger partial charge in [0.15, 0.2) is 0 Å². The van der Waals surface area contributed by atoms with Crippen molar-refractivity contribution in [2.45, 2.75) is 25.3 Å². The van der Waals surface area contributed by atoms with Crippen molar-refractivity contribution in [1.82, 2.24) is 10.4 Å². The van der Waals surface area contributed by atoms with Crippen LogP contribution in [0.2, 0.25) is 0 Å². The average molecular weight is 340 g/mol. The zero-order chi connectivity index (χ0) is 17.5. The maximum absolute atomic E-state index is 10.9. The predicted octanol–water partition coefficient (Wildman–Crippen LogP) is -1.27. The monoisotopic (exact) mass is 340 g/mol. The van der Waals surface area contributed by atoms with Crippen LogP contribution < -0.4 is 16.9 Å². The number of urea groups is 1. The highest BCUT2D eigenvalue weighted by Gasteiger charge is 2.22. The molecule has 0 saturated heterocycles. The number of primary amides is 1. The molecule has 11 heteroatoms.